The van der Waals surface area contributed by atoms with Crippen LogP contribution >= 0.6 is 11.3 Å². The number of para-hydroxylation sites is 1. The van der Waals surface area contributed by atoms with E-state index in [1.54, 1.807) is 11.3 Å². The van der Waals surface area contributed by atoms with Gasteiger partial charge in [0.2, 0.25) is 5.91 Å². The van der Waals surface area contributed by atoms with Crippen LogP contribution in [0.15, 0.2) is 47.8 Å². The first-order valence-electron chi connectivity index (χ1n) is 7.95. The molecule has 0 bridgehead atoms. The summed E-state index contributed by atoms with van der Waals surface area (Å²) in [5.41, 5.74) is 1.26. The number of hydrogen-bond acceptors (Lipinski definition) is 3. The van der Waals surface area contributed by atoms with E-state index in [0.717, 1.165) is 32.6 Å². The summed E-state index contributed by atoms with van der Waals surface area (Å²) in [6.45, 7) is 3.57. The third kappa shape index (κ3) is 2.63. The van der Waals surface area contributed by atoms with E-state index >= 15 is 0 Å². The third-order valence-corrected chi connectivity index (χ3v) is 5.73. The van der Waals surface area contributed by atoms with Gasteiger partial charge in [0.1, 0.15) is 0 Å². The molecule has 0 spiro atoms. The molecule has 1 saturated carbocycles. The summed E-state index contributed by atoms with van der Waals surface area (Å²) in [6.07, 6.45) is 1.04. The van der Waals surface area contributed by atoms with Gasteiger partial charge in [0, 0.05) is 48.6 Å². The first-order valence-corrected chi connectivity index (χ1v) is 8.83. The van der Waals surface area contributed by atoms with Gasteiger partial charge < -0.3 is 9.80 Å². The molecule has 1 amide bonds. The zero-order valence-electron chi connectivity index (χ0n) is 12.5. The minimum atomic E-state index is 0.238. The van der Waals surface area contributed by atoms with Crippen LogP contribution in [0.2, 0.25) is 0 Å². The van der Waals surface area contributed by atoms with Gasteiger partial charge in [-0.15, -0.1) is 11.3 Å². The van der Waals surface area contributed by atoms with Crippen LogP contribution in [0, 0.1) is 5.92 Å². The summed E-state index contributed by atoms with van der Waals surface area (Å²) in [7, 11) is 0. The highest BCUT2D eigenvalue weighted by Crippen LogP contribution is 2.50. The number of thiophene rings is 1. The Labute approximate surface area is 135 Å². The van der Waals surface area contributed by atoms with Crippen molar-refractivity contribution in [1.29, 1.82) is 0 Å². The number of amides is 1. The van der Waals surface area contributed by atoms with Crippen molar-refractivity contribution in [3.8, 4) is 0 Å². The summed E-state index contributed by atoms with van der Waals surface area (Å²) < 4.78 is 0. The van der Waals surface area contributed by atoms with Crippen molar-refractivity contribution in [2.75, 3.05) is 31.1 Å². The van der Waals surface area contributed by atoms with Crippen molar-refractivity contribution in [1.82, 2.24) is 4.90 Å². The molecule has 0 N–H and O–H groups in total. The number of anilines is 1. The van der Waals surface area contributed by atoms with Gasteiger partial charge in [-0.25, -0.2) is 0 Å². The summed E-state index contributed by atoms with van der Waals surface area (Å²) in [5, 5.41) is 2.10. The average Bonchev–Trinajstić information content (AvgIpc) is 3.20. The monoisotopic (exact) mass is 312 g/mol. The third-order valence-electron chi connectivity index (χ3n) is 4.73. The van der Waals surface area contributed by atoms with E-state index in [9.17, 15) is 4.79 Å². The molecular formula is C18H20N2OS. The van der Waals surface area contributed by atoms with E-state index in [4.69, 9.17) is 0 Å². The largest absolute Gasteiger partial charge is 0.368 e. The highest BCUT2D eigenvalue weighted by molar-refractivity contribution is 7.10. The minimum absolute atomic E-state index is 0.238. The van der Waals surface area contributed by atoms with E-state index in [2.05, 4.69) is 51.6 Å². The van der Waals surface area contributed by atoms with Gasteiger partial charge in [0.15, 0.2) is 0 Å². The number of carbonyl (C=O) groups is 1. The molecule has 2 unspecified atom stereocenters. The van der Waals surface area contributed by atoms with Crippen molar-refractivity contribution in [2.24, 2.45) is 5.92 Å². The second kappa shape index (κ2) is 5.76. The average molecular weight is 312 g/mol. The Morgan fingerprint density at radius 3 is 2.45 bits per heavy atom. The minimum Gasteiger partial charge on any atom is -0.368 e. The van der Waals surface area contributed by atoms with Gasteiger partial charge in [-0.3, -0.25) is 4.79 Å². The fourth-order valence-corrected chi connectivity index (χ4v) is 4.25. The molecule has 22 heavy (non-hydrogen) atoms. The maximum Gasteiger partial charge on any atom is 0.226 e. The summed E-state index contributed by atoms with van der Waals surface area (Å²) in [6, 6.07) is 14.7. The lowest BCUT2D eigenvalue weighted by Crippen LogP contribution is -2.49. The van der Waals surface area contributed by atoms with Gasteiger partial charge in [-0.1, -0.05) is 24.3 Å². The van der Waals surface area contributed by atoms with Crippen LogP contribution in [0.5, 0.6) is 0 Å². The van der Waals surface area contributed by atoms with Crippen molar-refractivity contribution in [3.63, 3.8) is 0 Å². The van der Waals surface area contributed by atoms with Crippen LogP contribution in [0.25, 0.3) is 0 Å². The number of benzene rings is 1. The Hall–Kier alpha value is -1.81. The molecule has 1 aromatic carbocycles. The van der Waals surface area contributed by atoms with Crippen LogP contribution in [0.4, 0.5) is 5.69 Å². The maximum atomic E-state index is 12.6. The highest BCUT2D eigenvalue weighted by atomic mass is 32.1. The fourth-order valence-electron chi connectivity index (χ4n) is 3.34. The Balaban J connectivity index is 1.33. The molecule has 1 aliphatic heterocycles. The van der Waals surface area contributed by atoms with Crippen LogP contribution < -0.4 is 4.90 Å². The van der Waals surface area contributed by atoms with Crippen molar-refractivity contribution < 1.29 is 4.79 Å². The van der Waals surface area contributed by atoms with Gasteiger partial charge in [-0.05, 0) is 30.0 Å². The van der Waals surface area contributed by atoms with Crippen molar-refractivity contribution >= 4 is 22.9 Å². The molecule has 3 nitrogen and oxygen atoms in total. The summed E-state index contributed by atoms with van der Waals surface area (Å²) >= 11 is 1.78. The molecule has 2 heterocycles. The predicted molar refractivity (Wildman–Crippen MR) is 90.4 cm³/mol. The van der Waals surface area contributed by atoms with E-state index in [1.165, 1.54) is 10.6 Å². The van der Waals surface area contributed by atoms with Crippen LogP contribution in [0.1, 0.15) is 17.2 Å². The first kappa shape index (κ1) is 13.8. The molecule has 4 rings (SSSR count). The second-order valence-electron chi connectivity index (χ2n) is 6.11. The number of carbonyl (C=O) groups excluding carboxylic acids is 1. The lowest BCUT2D eigenvalue weighted by Gasteiger charge is -2.36. The molecule has 1 aromatic heterocycles. The van der Waals surface area contributed by atoms with Gasteiger partial charge in [-0.2, -0.15) is 0 Å². The van der Waals surface area contributed by atoms with Gasteiger partial charge in [0.05, 0.1) is 0 Å². The number of piperazine rings is 1. The number of rotatable bonds is 3. The first-order chi connectivity index (χ1) is 10.8. The fraction of sp³-hybridized carbons (Fsp3) is 0.389. The molecule has 0 radical (unpaired) electrons. The Kier molecular flexibility index (Phi) is 3.62. The van der Waals surface area contributed by atoms with Crippen LogP contribution in [-0.2, 0) is 4.79 Å². The van der Waals surface area contributed by atoms with Crippen molar-refractivity contribution in [2.45, 2.75) is 12.3 Å². The number of hydrogen-bond donors (Lipinski definition) is 0. The van der Waals surface area contributed by atoms with Crippen molar-refractivity contribution in [3.05, 3.63) is 52.7 Å². The lowest BCUT2D eigenvalue weighted by molar-refractivity contribution is -0.132. The molecule has 2 fully saturated rings. The Morgan fingerprint density at radius 1 is 1.00 bits per heavy atom. The summed E-state index contributed by atoms with van der Waals surface area (Å²) in [5.74, 6) is 1.09. The summed E-state index contributed by atoms with van der Waals surface area (Å²) in [4.78, 5) is 18.4. The molecule has 1 aliphatic carbocycles. The second-order valence-corrected chi connectivity index (χ2v) is 7.09. The molecule has 114 valence electrons. The quantitative estimate of drug-likeness (QED) is 0.869. The van der Waals surface area contributed by atoms with Gasteiger partial charge in [0.25, 0.3) is 0 Å². The van der Waals surface area contributed by atoms with E-state index in [0.29, 0.717) is 11.8 Å². The molecule has 2 aromatic rings. The molecule has 1 saturated heterocycles. The zero-order valence-corrected chi connectivity index (χ0v) is 13.3. The molecule has 4 heteroatoms. The Bertz CT molecular complexity index is 632. The Morgan fingerprint density at radius 2 is 1.77 bits per heavy atom. The van der Waals surface area contributed by atoms with E-state index < -0.39 is 0 Å². The number of nitrogens with zero attached hydrogens (tertiary/aromatic N) is 2. The van der Waals surface area contributed by atoms with E-state index in [-0.39, 0.29) is 5.92 Å². The SMILES string of the molecule is O=C(C1CC1c1cccs1)N1CCN(c2ccccc2)CC1. The molecular weight excluding hydrogens is 292 g/mol. The standard InChI is InChI=1S/C18H20N2OS/c21-18(16-13-15(16)17-7-4-12-22-17)20-10-8-19(9-11-20)14-5-2-1-3-6-14/h1-7,12,15-16H,8-11,13H2. The molecule has 2 aliphatic rings. The highest BCUT2D eigenvalue weighted by Gasteiger charge is 2.46. The normalized spacial score (nSPS) is 24.4. The topological polar surface area (TPSA) is 23.6 Å². The zero-order chi connectivity index (χ0) is 14.9. The molecule has 2 atom stereocenters. The van der Waals surface area contributed by atoms with Crippen LogP contribution in [0.3, 0.4) is 0 Å². The van der Waals surface area contributed by atoms with E-state index in [1.807, 2.05) is 6.07 Å². The van der Waals surface area contributed by atoms with Gasteiger partial charge >= 0.3 is 0 Å². The maximum absolute atomic E-state index is 12.6. The smallest absolute Gasteiger partial charge is 0.226 e. The van der Waals surface area contributed by atoms with Crippen LogP contribution in [-0.4, -0.2) is 37.0 Å². The lowest BCUT2D eigenvalue weighted by atomic mass is 10.2. The predicted octanol–water partition coefficient (Wildman–Crippen LogP) is 3.20.